The highest BCUT2D eigenvalue weighted by Crippen LogP contribution is 2.44. The van der Waals surface area contributed by atoms with Gasteiger partial charge in [0.25, 0.3) is 0 Å². The third-order valence-electron chi connectivity index (χ3n) is 5.27. The second-order valence-electron chi connectivity index (χ2n) is 7.14. The van der Waals surface area contributed by atoms with Gasteiger partial charge in [-0.25, -0.2) is 0 Å². The van der Waals surface area contributed by atoms with Gasteiger partial charge < -0.3 is 14.3 Å². The Balaban J connectivity index is 1.37. The Bertz CT molecular complexity index is 510. The van der Waals surface area contributed by atoms with Crippen molar-refractivity contribution in [2.75, 3.05) is 26.3 Å². The third-order valence-corrected chi connectivity index (χ3v) is 5.27. The summed E-state index contributed by atoms with van der Waals surface area (Å²) in [4.78, 5) is 2.26. The van der Waals surface area contributed by atoms with Crippen LogP contribution < -0.4 is 0 Å². The minimum Gasteiger partial charge on any atom is -0.423 e. The molecule has 3 fully saturated rings. The van der Waals surface area contributed by atoms with Crippen molar-refractivity contribution in [1.82, 2.24) is 15.1 Å². The maximum absolute atomic E-state index is 10.7. The lowest BCUT2D eigenvalue weighted by molar-refractivity contribution is -0.0519. The number of likely N-dealkylation sites (tertiary alicyclic amines) is 1. The van der Waals surface area contributed by atoms with Gasteiger partial charge in [0.2, 0.25) is 11.8 Å². The number of rotatable bonds is 4. The average Bonchev–Trinajstić information content (AvgIpc) is 3.30. The summed E-state index contributed by atoms with van der Waals surface area (Å²) in [5.41, 5.74) is -0.488. The molecule has 1 aromatic rings. The van der Waals surface area contributed by atoms with Gasteiger partial charge in [0.05, 0.1) is 24.7 Å². The number of piperidine rings is 1. The van der Waals surface area contributed by atoms with E-state index in [1.165, 1.54) is 12.8 Å². The number of hydrogen-bond acceptors (Lipinski definition) is 6. The molecule has 2 atom stereocenters. The van der Waals surface area contributed by atoms with E-state index < -0.39 is 5.60 Å². The summed E-state index contributed by atoms with van der Waals surface area (Å²) in [5.74, 6) is 2.14. The molecule has 4 rings (SSSR count). The summed E-state index contributed by atoms with van der Waals surface area (Å²) in [6.45, 7) is 3.91. The Morgan fingerprint density at radius 2 is 2.14 bits per heavy atom. The van der Waals surface area contributed by atoms with Crippen LogP contribution in [0.2, 0.25) is 0 Å². The van der Waals surface area contributed by atoms with Crippen LogP contribution in [-0.4, -0.2) is 52.1 Å². The van der Waals surface area contributed by atoms with Gasteiger partial charge >= 0.3 is 0 Å². The van der Waals surface area contributed by atoms with Crippen LogP contribution in [-0.2, 0) is 11.3 Å². The van der Waals surface area contributed by atoms with E-state index in [1.54, 1.807) is 0 Å². The van der Waals surface area contributed by atoms with E-state index in [0.717, 1.165) is 45.4 Å². The van der Waals surface area contributed by atoms with Crippen LogP contribution in [0.25, 0.3) is 0 Å². The van der Waals surface area contributed by atoms with Gasteiger partial charge in [-0.05, 0) is 51.0 Å². The van der Waals surface area contributed by atoms with Crippen LogP contribution in [0.5, 0.6) is 0 Å². The number of ether oxygens (including phenoxy) is 1. The fraction of sp³-hybridized carbons (Fsp3) is 0.875. The van der Waals surface area contributed by atoms with Crippen LogP contribution >= 0.6 is 0 Å². The molecular formula is C16H25N3O3. The van der Waals surface area contributed by atoms with E-state index in [4.69, 9.17) is 9.15 Å². The maximum atomic E-state index is 10.7. The number of aliphatic hydroxyl groups is 1. The van der Waals surface area contributed by atoms with Crippen LogP contribution in [0.15, 0.2) is 4.42 Å². The molecule has 1 saturated carbocycles. The smallest absolute Gasteiger partial charge is 0.230 e. The van der Waals surface area contributed by atoms with Crippen molar-refractivity contribution in [3.8, 4) is 0 Å². The fourth-order valence-electron chi connectivity index (χ4n) is 3.87. The number of aromatic nitrogens is 2. The molecule has 0 radical (unpaired) electrons. The molecule has 3 heterocycles. The SMILES string of the molecule is OC1(C2CC2)CCCN(Cc2nnc(C3CCCOC3)o2)C1. The van der Waals surface area contributed by atoms with Gasteiger partial charge in [0, 0.05) is 13.2 Å². The Hall–Kier alpha value is -0.980. The molecule has 6 nitrogen and oxygen atoms in total. The first-order valence-corrected chi connectivity index (χ1v) is 8.58. The molecule has 0 bridgehead atoms. The first-order chi connectivity index (χ1) is 10.7. The fourth-order valence-corrected chi connectivity index (χ4v) is 3.87. The second-order valence-corrected chi connectivity index (χ2v) is 7.14. The summed E-state index contributed by atoms with van der Waals surface area (Å²) < 4.78 is 11.3. The zero-order chi connectivity index (χ0) is 15.0. The summed E-state index contributed by atoms with van der Waals surface area (Å²) in [6, 6.07) is 0. The van der Waals surface area contributed by atoms with Crippen LogP contribution in [0.4, 0.5) is 0 Å². The molecule has 1 aromatic heterocycles. The Labute approximate surface area is 130 Å². The molecular weight excluding hydrogens is 282 g/mol. The lowest BCUT2D eigenvalue weighted by Gasteiger charge is -2.39. The summed E-state index contributed by atoms with van der Waals surface area (Å²) >= 11 is 0. The van der Waals surface area contributed by atoms with Crippen molar-refractivity contribution in [3.63, 3.8) is 0 Å². The molecule has 0 amide bonds. The minimum absolute atomic E-state index is 0.250. The number of nitrogens with zero attached hydrogens (tertiary/aromatic N) is 3. The monoisotopic (exact) mass is 307 g/mol. The van der Waals surface area contributed by atoms with Crippen molar-refractivity contribution in [2.24, 2.45) is 5.92 Å². The first-order valence-electron chi connectivity index (χ1n) is 8.58. The highest BCUT2D eigenvalue weighted by atomic mass is 16.5. The topological polar surface area (TPSA) is 71.6 Å². The Morgan fingerprint density at radius 1 is 1.23 bits per heavy atom. The number of β-amino-alcohol motifs (C(OH)–C–C–N with tert-alkyl or cyclic N) is 1. The zero-order valence-electron chi connectivity index (χ0n) is 13.0. The van der Waals surface area contributed by atoms with Gasteiger partial charge in [-0.15, -0.1) is 10.2 Å². The summed E-state index contributed by atoms with van der Waals surface area (Å²) in [6.07, 6.45) is 6.45. The predicted molar refractivity (Wildman–Crippen MR) is 79.3 cm³/mol. The molecule has 1 aliphatic carbocycles. The van der Waals surface area contributed by atoms with E-state index in [0.29, 0.717) is 30.9 Å². The van der Waals surface area contributed by atoms with Gasteiger partial charge in [0.15, 0.2) is 0 Å². The average molecular weight is 307 g/mol. The van der Waals surface area contributed by atoms with Crippen molar-refractivity contribution in [1.29, 1.82) is 0 Å². The largest absolute Gasteiger partial charge is 0.423 e. The second kappa shape index (κ2) is 5.91. The van der Waals surface area contributed by atoms with Gasteiger partial charge in [0.1, 0.15) is 0 Å². The van der Waals surface area contributed by atoms with Gasteiger partial charge in [-0.1, -0.05) is 0 Å². The molecule has 2 aliphatic heterocycles. The van der Waals surface area contributed by atoms with E-state index in [1.807, 2.05) is 0 Å². The Morgan fingerprint density at radius 3 is 2.91 bits per heavy atom. The molecule has 22 heavy (non-hydrogen) atoms. The molecule has 3 aliphatic rings. The van der Waals surface area contributed by atoms with Crippen molar-refractivity contribution >= 4 is 0 Å². The highest BCUT2D eigenvalue weighted by molar-refractivity contribution is 5.00. The molecule has 1 N–H and O–H groups in total. The van der Waals surface area contributed by atoms with Crippen molar-refractivity contribution in [2.45, 2.75) is 56.6 Å². The number of hydrogen-bond donors (Lipinski definition) is 1. The molecule has 2 saturated heterocycles. The van der Waals surface area contributed by atoms with E-state index >= 15 is 0 Å². The van der Waals surface area contributed by atoms with E-state index in [2.05, 4.69) is 15.1 Å². The standard InChI is InChI=1S/C16H25N3O3/c20-16(13-4-5-13)6-2-7-19(11-16)9-14-17-18-15(22-14)12-3-1-8-21-10-12/h12-13,20H,1-11H2. The highest BCUT2D eigenvalue weighted by Gasteiger charge is 2.46. The summed E-state index contributed by atoms with van der Waals surface area (Å²) in [7, 11) is 0. The normalized spacial score (nSPS) is 34.0. The molecule has 0 spiro atoms. The van der Waals surface area contributed by atoms with Crippen LogP contribution in [0.3, 0.4) is 0 Å². The maximum Gasteiger partial charge on any atom is 0.230 e. The quantitative estimate of drug-likeness (QED) is 0.913. The summed E-state index contributed by atoms with van der Waals surface area (Å²) in [5, 5.41) is 19.1. The van der Waals surface area contributed by atoms with E-state index in [-0.39, 0.29) is 5.92 Å². The zero-order valence-corrected chi connectivity index (χ0v) is 13.0. The molecule has 122 valence electrons. The van der Waals surface area contributed by atoms with Crippen LogP contribution in [0.1, 0.15) is 56.2 Å². The lowest BCUT2D eigenvalue weighted by Crippen LogP contribution is -2.49. The van der Waals surface area contributed by atoms with Crippen LogP contribution in [0, 0.1) is 5.92 Å². The van der Waals surface area contributed by atoms with Gasteiger partial charge in [-0.3, -0.25) is 4.90 Å². The minimum atomic E-state index is -0.488. The molecule has 2 unspecified atom stereocenters. The van der Waals surface area contributed by atoms with Crippen molar-refractivity contribution in [3.05, 3.63) is 11.8 Å². The van der Waals surface area contributed by atoms with Gasteiger partial charge in [-0.2, -0.15) is 0 Å². The predicted octanol–water partition coefficient (Wildman–Crippen LogP) is 1.70. The van der Waals surface area contributed by atoms with E-state index in [9.17, 15) is 5.11 Å². The lowest BCUT2D eigenvalue weighted by atomic mass is 9.88. The first kappa shape index (κ1) is 14.6. The van der Waals surface area contributed by atoms with Crippen molar-refractivity contribution < 1.29 is 14.3 Å². The third kappa shape index (κ3) is 3.05. The molecule has 0 aromatic carbocycles. The Kier molecular flexibility index (Phi) is 3.92. The molecule has 6 heteroatoms.